The summed E-state index contributed by atoms with van der Waals surface area (Å²) in [6.45, 7) is 3.83. The van der Waals surface area contributed by atoms with E-state index in [9.17, 15) is 4.39 Å². The van der Waals surface area contributed by atoms with Crippen LogP contribution in [0.5, 0.6) is 0 Å². The van der Waals surface area contributed by atoms with E-state index in [1.165, 1.54) is 6.07 Å². The highest BCUT2D eigenvalue weighted by atomic mass is 79.9. The lowest BCUT2D eigenvalue weighted by Gasteiger charge is -2.20. The molecule has 0 aliphatic rings. The average molecular weight is 339 g/mol. The Balaban J connectivity index is 2.57. The van der Waals surface area contributed by atoms with Crippen LogP contribution in [0.25, 0.3) is 0 Å². The lowest BCUT2D eigenvalue weighted by Crippen LogP contribution is -2.30. The van der Waals surface area contributed by atoms with Crippen LogP contribution < -0.4 is 11.3 Å². The van der Waals surface area contributed by atoms with Crippen molar-refractivity contribution in [3.05, 3.63) is 57.1 Å². The number of benzene rings is 1. The standard InChI is InChI=1S/C14H16BrFN4/c1-3-13-11(6-8(2)19-20-13)14(18-17)10-7-9(15)4-5-12(10)16/h4-7,14,18H,3,17H2,1-2H3. The van der Waals surface area contributed by atoms with Crippen molar-refractivity contribution in [2.45, 2.75) is 26.3 Å². The van der Waals surface area contributed by atoms with Crippen molar-refractivity contribution < 1.29 is 4.39 Å². The van der Waals surface area contributed by atoms with Gasteiger partial charge >= 0.3 is 0 Å². The predicted octanol–water partition coefficient (Wildman–Crippen LogP) is 2.80. The van der Waals surface area contributed by atoms with Crippen LogP contribution in [0.2, 0.25) is 0 Å². The molecule has 1 aromatic heterocycles. The van der Waals surface area contributed by atoms with Crippen LogP contribution in [0.1, 0.15) is 35.5 Å². The number of nitrogens with zero attached hydrogens (tertiary/aromatic N) is 2. The van der Waals surface area contributed by atoms with Gasteiger partial charge in [0.15, 0.2) is 0 Å². The van der Waals surface area contributed by atoms with Gasteiger partial charge in [0.05, 0.1) is 17.4 Å². The summed E-state index contributed by atoms with van der Waals surface area (Å²) < 4.78 is 14.9. The van der Waals surface area contributed by atoms with Gasteiger partial charge in [-0.15, -0.1) is 0 Å². The fourth-order valence-electron chi connectivity index (χ4n) is 2.14. The fourth-order valence-corrected chi connectivity index (χ4v) is 2.52. The Bertz CT molecular complexity index is 618. The van der Waals surface area contributed by atoms with Gasteiger partial charge in [-0.1, -0.05) is 22.9 Å². The van der Waals surface area contributed by atoms with Crippen LogP contribution in [-0.2, 0) is 6.42 Å². The monoisotopic (exact) mass is 338 g/mol. The maximum absolute atomic E-state index is 14.1. The van der Waals surface area contributed by atoms with Gasteiger partial charge in [-0.3, -0.25) is 5.84 Å². The third-order valence-electron chi connectivity index (χ3n) is 3.11. The molecule has 0 fully saturated rings. The van der Waals surface area contributed by atoms with E-state index in [-0.39, 0.29) is 5.82 Å². The van der Waals surface area contributed by atoms with Crippen molar-refractivity contribution >= 4 is 15.9 Å². The number of halogens is 2. The Morgan fingerprint density at radius 1 is 1.30 bits per heavy atom. The molecular formula is C14H16BrFN4. The first kappa shape index (κ1) is 15.0. The maximum Gasteiger partial charge on any atom is 0.128 e. The van der Waals surface area contributed by atoms with Crippen molar-refractivity contribution in [1.82, 2.24) is 15.6 Å². The SMILES string of the molecule is CCc1nnc(C)cc1C(NN)c1cc(Br)ccc1F. The molecule has 4 nitrogen and oxygen atoms in total. The Kier molecular flexibility index (Phi) is 4.80. The minimum Gasteiger partial charge on any atom is -0.271 e. The Hall–Kier alpha value is -1.37. The predicted molar refractivity (Wildman–Crippen MR) is 79.4 cm³/mol. The van der Waals surface area contributed by atoms with Gasteiger partial charge in [0.25, 0.3) is 0 Å². The number of aromatic nitrogens is 2. The average Bonchev–Trinajstić information content (AvgIpc) is 2.44. The largest absolute Gasteiger partial charge is 0.271 e. The maximum atomic E-state index is 14.1. The molecule has 2 aromatic rings. The zero-order chi connectivity index (χ0) is 14.7. The topological polar surface area (TPSA) is 63.8 Å². The third-order valence-corrected chi connectivity index (χ3v) is 3.60. The summed E-state index contributed by atoms with van der Waals surface area (Å²) in [5, 5.41) is 8.20. The molecule has 0 spiro atoms. The van der Waals surface area contributed by atoms with Gasteiger partial charge in [-0.25, -0.2) is 9.82 Å². The van der Waals surface area contributed by atoms with Gasteiger partial charge in [-0.2, -0.15) is 10.2 Å². The van der Waals surface area contributed by atoms with E-state index in [0.29, 0.717) is 12.0 Å². The van der Waals surface area contributed by atoms with Crippen molar-refractivity contribution in [2.24, 2.45) is 5.84 Å². The summed E-state index contributed by atoms with van der Waals surface area (Å²) in [5.41, 5.74) is 5.57. The number of rotatable bonds is 4. The summed E-state index contributed by atoms with van der Waals surface area (Å²) in [6.07, 6.45) is 0.705. The van der Waals surface area contributed by atoms with E-state index in [1.807, 2.05) is 19.9 Å². The van der Waals surface area contributed by atoms with E-state index in [0.717, 1.165) is 21.4 Å². The number of aryl methyl sites for hydroxylation is 2. The molecule has 0 saturated heterocycles. The molecule has 0 saturated carbocycles. The van der Waals surface area contributed by atoms with Crippen LogP contribution in [-0.4, -0.2) is 10.2 Å². The molecule has 20 heavy (non-hydrogen) atoms. The van der Waals surface area contributed by atoms with E-state index in [1.54, 1.807) is 12.1 Å². The molecule has 2 rings (SSSR count). The molecule has 0 bridgehead atoms. The number of hydrogen-bond donors (Lipinski definition) is 2. The second-order valence-corrected chi connectivity index (χ2v) is 5.42. The minimum absolute atomic E-state index is 0.312. The third kappa shape index (κ3) is 3.03. The summed E-state index contributed by atoms with van der Waals surface area (Å²) in [6, 6.07) is 6.21. The van der Waals surface area contributed by atoms with Crippen LogP contribution in [0.15, 0.2) is 28.7 Å². The van der Waals surface area contributed by atoms with E-state index in [2.05, 4.69) is 31.6 Å². The molecule has 0 aliphatic heterocycles. The summed E-state index contributed by atoms with van der Waals surface area (Å²) >= 11 is 3.35. The summed E-state index contributed by atoms with van der Waals surface area (Å²) in [5.74, 6) is 5.34. The highest BCUT2D eigenvalue weighted by Gasteiger charge is 2.20. The molecule has 0 amide bonds. The smallest absolute Gasteiger partial charge is 0.128 e. The van der Waals surface area contributed by atoms with Crippen LogP contribution in [0.3, 0.4) is 0 Å². The zero-order valence-electron chi connectivity index (χ0n) is 11.3. The molecule has 6 heteroatoms. The quantitative estimate of drug-likeness (QED) is 0.664. The molecule has 1 aromatic carbocycles. The molecule has 0 radical (unpaired) electrons. The van der Waals surface area contributed by atoms with E-state index >= 15 is 0 Å². The normalized spacial score (nSPS) is 12.4. The first-order valence-electron chi connectivity index (χ1n) is 6.31. The highest BCUT2D eigenvalue weighted by Crippen LogP contribution is 2.28. The molecular weight excluding hydrogens is 323 g/mol. The van der Waals surface area contributed by atoms with Gasteiger partial charge in [0.1, 0.15) is 5.82 Å². The van der Waals surface area contributed by atoms with Crippen molar-refractivity contribution in [3.8, 4) is 0 Å². The Morgan fingerprint density at radius 2 is 2.05 bits per heavy atom. The number of hydrazine groups is 1. The van der Waals surface area contributed by atoms with Crippen LogP contribution in [0.4, 0.5) is 4.39 Å². The zero-order valence-corrected chi connectivity index (χ0v) is 12.9. The van der Waals surface area contributed by atoms with Gasteiger partial charge in [-0.05, 0) is 37.6 Å². The van der Waals surface area contributed by atoms with Crippen LogP contribution in [0, 0.1) is 12.7 Å². The number of nitrogens with one attached hydrogen (secondary N) is 1. The molecule has 3 N–H and O–H groups in total. The van der Waals surface area contributed by atoms with E-state index < -0.39 is 6.04 Å². The summed E-state index contributed by atoms with van der Waals surface area (Å²) in [7, 11) is 0. The number of hydrogen-bond acceptors (Lipinski definition) is 4. The molecule has 106 valence electrons. The minimum atomic E-state index is -0.461. The van der Waals surface area contributed by atoms with Crippen molar-refractivity contribution in [2.75, 3.05) is 0 Å². The molecule has 0 aliphatic carbocycles. The second-order valence-electron chi connectivity index (χ2n) is 4.51. The lowest BCUT2D eigenvalue weighted by molar-refractivity contribution is 0.554. The molecule has 1 atom stereocenters. The van der Waals surface area contributed by atoms with Gasteiger partial charge in [0.2, 0.25) is 0 Å². The Morgan fingerprint density at radius 3 is 2.70 bits per heavy atom. The van der Waals surface area contributed by atoms with Crippen molar-refractivity contribution in [1.29, 1.82) is 0 Å². The van der Waals surface area contributed by atoms with Gasteiger partial charge < -0.3 is 0 Å². The molecule has 1 heterocycles. The second kappa shape index (κ2) is 6.39. The van der Waals surface area contributed by atoms with Gasteiger partial charge in [0, 0.05) is 15.6 Å². The first-order chi connectivity index (χ1) is 9.56. The highest BCUT2D eigenvalue weighted by molar-refractivity contribution is 9.10. The molecule has 1 unspecified atom stereocenters. The van der Waals surface area contributed by atoms with Crippen molar-refractivity contribution in [3.63, 3.8) is 0 Å². The summed E-state index contributed by atoms with van der Waals surface area (Å²) in [4.78, 5) is 0. The van der Waals surface area contributed by atoms with Crippen LogP contribution >= 0.6 is 15.9 Å². The fraction of sp³-hybridized carbons (Fsp3) is 0.286. The van der Waals surface area contributed by atoms with E-state index in [4.69, 9.17) is 5.84 Å². The Labute approximate surface area is 125 Å². The number of nitrogens with two attached hydrogens (primary N) is 1. The first-order valence-corrected chi connectivity index (χ1v) is 7.10. The lowest BCUT2D eigenvalue weighted by atomic mass is 9.96.